The van der Waals surface area contributed by atoms with E-state index in [1.165, 1.54) is 6.07 Å². The van der Waals surface area contributed by atoms with Crippen molar-refractivity contribution in [1.82, 2.24) is 4.90 Å². The molecule has 0 saturated carbocycles. The number of carbonyl (C=O) groups is 2. The minimum Gasteiger partial charge on any atom is -0.510 e. The molecule has 6 N–H and O–H groups in total. The largest absolute Gasteiger partial charge is 0.510 e. The van der Waals surface area contributed by atoms with E-state index in [4.69, 9.17) is 10.5 Å². The number of ketones is 1. The number of nitrogens with two attached hydrogens (primary N) is 1. The second-order valence-electron chi connectivity index (χ2n) is 9.70. The molecule has 5 atom stereocenters. The number of anilines is 1. The summed E-state index contributed by atoms with van der Waals surface area (Å²) in [6.07, 6.45) is 0.648. The van der Waals surface area contributed by atoms with Gasteiger partial charge in [0.2, 0.25) is 5.79 Å². The second-order valence-corrected chi connectivity index (χ2v) is 9.70. The molecular weight excluding hydrogens is 430 g/mol. The number of aromatic hydroxyl groups is 1. The molecule has 3 aliphatic carbocycles. The van der Waals surface area contributed by atoms with E-state index in [2.05, 4.69) is 0 Å². The number of phenols is 1. The number of allylic oxidation sites excluding steroid dienone is 1. The molecular formula is C23H27N3O7. The van der Waals surface area contributed by atoms with Gasteiger partial charge in [0.25, 0.3) is 5.91 Å². The molecule has 1 saturated heterocycles. The first kappa shape index (κ1) is 21.7. The Kier molecular flexibility index (Phi) is 4.28. The highest BCUT2D eigenvalue weighted by Crippen LogP contribution is 2.68. The van der Waals surface area contributed by atoms with Crippen LogP contribution in [0.3, 0.4) is 0 Å². The highest BCUT2D eigenvalue weighted by molar-refractivity contribution is 6.14. The molecule has 10 nitrogen and oxygen atoms in total. The second kappa shape index (κ2) is 6.49. The lowest BCUT2D eigenvalue weighted by atomic mass is 9.60. The number of nitrogens with zero attached hydrogens (tertiary/aromatic N) is 2. The number of aliphatic hydroxyl groups is 3. The normalized spacial score (nSPS) is 34.5. The number of primary amides is 1. The van der Waals surface area contributed by atoms with Crippen molar-refractivity contribution in [3.05, 3.63) is 45.9 Å². The maximum atomic E-state index is 13.6. The number of hydrogen-bond donors (Lipinski definition) is 5. The number of carbonyl (C=O) groups excluding carboxylic acids is 2. The number of fused-ring (bicyclic) bond motifs is 2. The van der Waals surface area contributed by atoms with Crippen molar-refractivity contribution in [2.45, 2.75) is 30.3 Å². The molecule has 1 fully saturated rings. The van der Waals surface area contributed by atoms with Crippen molar-refractivity contribution in [2.75, 3.05) is 33.1 Å². The molecule has 5 rings (SSSR count). The van der Waals surface area contributed by atoms with E-state index < -0.39 is 58.0 Å². The van der Waals surface area contributed by atoms with Crippen LogP contribution in [-0.2, 0) is 16.0 Å². The summed E-state index contributed by atoms with van der Waals surface area (Å²) in [5, 5.41) is 44.1. The number of likely N-dealkylation sites (N-methyl/N-ethyl adjacent to an activating group) is 1. The van der Waals surface area contributed by atoms with E-state index in [1.807, 2.05) is 19.0 Å². The zero-order valence-corrected chi connectivity index (χ0v) is 18.8. The number of epoxide rings is 1. The van der Waals surface area contributed by atoms with Crippen LogP contribution in [0.5, 0.6) is 5.75 Å². The monoisotopic (exact) mass is 457 g/mol. The third kappa shape index (κ3) is 2.43. The van der Waals surface area contributed by atoms with Crippen molar-refractivity contribution in [3.8, 4) is 5.75 Å². The van der Waals surface area contributed by atoms with Crippen LogP contribution in [0.1, 0.15) is 22.3 Å². The van der Waals surface area contributed by atoms with E-state index >= 15 is 0 Å². The number of Topliss-reactive ketones (excluding diaryl/α,β-unsaturated/α-hetero) is 1. The van der Waals surface area contributed by atoms with E-state index in [0.29, 0.717) is 12.0 Å². The van der Waals surface area contributed by atoms with Gasteiger partial charge in [0.05, 0.1) is 11.6 Å². The number of phenolic OH excluding ortho intramolecular Hbond substituents is 1. The molecule has 10 heteroatoms. The number of aliphatic hydroxyl groups excluding tert-OH is 2. The average molecular weight is 457 g/mol. The number of benzene rings is 1. The predicted molar refractivity (Wildman–Crippen MR) is 117 cm³/mol. The van der Waals surface area contributed by atoms with Crippen molar-refractivity contribution in [3.63, 3.8) is 0 Å². The smallest absolute Gasteiger partial charge is 0.253 e. The van der Waals surface area contributed by atoms with Gasteiger partial charge in [-0.05, 0) is 50.6 Å². The van der Waals surface area contributed by atoms with E-state index in [1.54, 1.807) is 25.1 Å². The van der Waals surface area contributed by atoms with Crippen molar-refractivity contribution < 1.29 is 34.8 Å². The van der Waals surface area contributed by atoms with Crippen molar-refractivity contribution >= 4 is 17.4 Å². The molecule has 1 aromatic rings. The highest BCUT2D eigenvalue weighted by atomic mass is 16.8. The zero-order chi connectivity index (χ0) is 24.2. The van der Waals surface area contributed by atoms with Crippen LogP contribution in [0.25, 0.3) is 0 Å². The first-order valence-corrected chi connectivity index (χ1v) is 10.7. The van der Waals surface area contributed by atoms with Crippen LogP contribution >= 0.6 is 0 Å². The molecule has 4 aliphatic rings. The van der Waals surface area contributed by atoms with Crippen LogP contribution in [0.15, 0.2) is 34.8 Å². The van der Waals surface area contributed by atoms with Gasteiger partial charge in [0.15, 0.2) is 11.4 Å². The lowest BCUT2D eigenvalue weighted by Gasteiger charge is -2.46. The topological polar surface area (TPSA) is 160 Å². The highest BCUT2D eigenvalue weighted by Gasteiger charge is 2.84. The zero-order valence-electron chi connectivity index (χ0n) is 18.8. The predicted octanol–water partition coefficient (Wildman–Crippen LogP) is 0.344. The molecule has 1 spiro atoms. The molecule has 1 aromatic carbocycles. The third-order valence-electron chi connectivity index (χ3n) is 7.58. The summed E-state index contributed by atoms with van der Waals surface area (Å²) in [5.74, 6) is -6.15. The van der Waals surface area contributed by atoms with Gasteiger partial charge in [-0.1, -0.05) is 0 Å². The lowest BCUT2D eigenvalue weighted by molar-refractivity contribution is -0.117. The van der Waals surface area contributed by atoms with Gasteiger partial charge in [0.1, 0.15) is 22.8 Å². The Bertz CT molecular complexity index is 1190. The minimum absolute atomic E-state index is 0.0450. The standard InChI is InChI=1S/C23H27N3O7/c1-25(2)12-5-6-13(27)15-10(12)7-9-8-11-17(26(3)4)19(29)16(21(24)31)23(32)22(11,33-23)20(30)14(9)18(15)28/h5-6,9,11,17,27,29-30,32H,7-8H2,1-4H3,(H2,24,31)/t9?,11?,17-,22-,23?/m0/s1. The number of hydrogen-bond acceptors (Lipinski definition) is 9. The summed E-state index contributed by atoms with van der Waals surface area (Å²) < 4.78 is 5.65. The van der Waals surface area contributed by atoms with Gasteiger partial charge in [-0.2, -0.15) is 0 Å². The summed E-state index contributed by atoms with van der Waals surface area (Å²) in [6, 6.07) is 2.39. The van der Waals surface area contributed by atoms with E-state index in [0.717, 1.165) is 5.69 Å². The van der Waals surface area contributed by atoms with Gasteiger partial charge >= 0.3 is 0 Å². The molecule has 0 bridgehead atoms. The van der Waals surface area contributed by atoms with Crippen LogP contribution in [-0.4, -0.2) is 82.6 Å². The minimum atomic E-state index is -2.34. The Morgan fingerprint density at radius 1 is 1.18 bits per heavy atom. The average Bonchev–Trinajstić information content (AvgIpc) is 3.32. The Balaban J connectivity index is 1.74. The Labute approximate surface area is 190 Å². The molecule has 0 aromatic heterocycles. The Morgan fingerprint density at radius 2 is 1.85 bits per heavy atom. The summed E-state index contributed by atoms with van der Waals surface area (Å²) in [4.78, 5) is 29.3. The lowest BCUT2D eigenvalue weighted by Crippen LogP contribution is -2.57. The van der Waals surface area contributed by atoms with E-state index in [9.17, 15) is 30.0 Å². The number of amides is 1. The maximum Gasteiger partial charge on any atom is 0.253 e. The quantitative estimate of drug-likeness (QED) is 0.403. The number of ether oxygens (including phenoxy) is 1. The summed E-state index contributed by atoms with van der Waals surface area (Å²) in [7, 11) is 7.07. The Morgan fingerprint density at radius 3 is 2.42 bits per heavy atom. The molecule has 3 unspecified atom stereocenters. The first-order chi connectivity index (χ1) is 15.4. The van der Waals surface area contributed by atoms with Crippen molar-refractivity contribution in [2.24, 2.45) is 17.6 Å². The molecule has 1 amide bonds. The fraction of sp³-hybridized carbons (Fsp3) is 0.478. The molecule has 1 aliphatic heterocycles. The fourth-order valence-corrected chi connectivity index (χ4v) is 6.26. The van der Waals surface area contributed by atoms with Crippen LogP contribution in [0.2, 0.25) is 0 Å². The Hall–Kier alpha value is -3.08. The number of rotatable bonds is 3. The fourth-order valence-electron chi connectivity index (χ4n) is 6.26. The maximum absolute atomic E-state index is 13.6. The van der Waals surface area contributed by atoms with Crippen molar-refractivity contribution in [1.29, 1.82) is 0 Å². The van der Waals surface area contributed by atoms with Gasteiger partial charge in [-0.25, -0.2) is 0 Å². The van der Waals surface area contributed by atoms with Crippen LogP contribution in [0.4, 0.5) is 5.69 Å². The van der Waals surface area contributed by atoms with Crippen LogP contribution in [0, 0.1) is 11.8 Å². The molecule has 0 radical (unpaired) electrons. The van der Waals surface area contributed by atoms with Gasteiger partial charge < -0.3 is 35.8 Å². The summed E-state index contributed by atoms with van der Waals surface area (Å²) >= 11 is 0. The van der Waals surface area contributed by atoms with Gasteiger partial charge in [0, 0.05) is 31.3 Å². The summed E-state index contributed by atoms with van der Waals surface area (Å²) in [5.41, 5.74) is 4.74. The molecule has 1 heterocycles. The van der Waals surface area contributed by atoms with Crippen LogP contribution < -0.4 is 10.6 Å². The van der Waals surface area contributed by atoms with Gasteiger partial charge in [-0.15, -0.1) is 0 Å². The SMILES string of the molecule is CN(C)c1ccc(O)c2c1CC1CC3[C@H](N(C)C)C(O)=C(C(N)=O)C4(O)O[C@]34C(O)=C1C2=O. The molecule has 33 heavy (non-hydrogen) atoms. The first-order valence-electron chi connectivity index (χ1n) is 10.7. The third-order valence-corrected chi connectivity index (χ3v) is 7.58. The summed E-state index contributed by atoms with van der Waals surface area (Å²) in [6.45, 7) is 0. The van der Waals surface area contributed by atoms with E-state index in [-0.39, 0.29) is 23.3 Å². The molecule has 176 valence electrons. The van der Waals surface area contributed by atoms with Gasteiger partial charge in [-0.3, -0.25) is 14.5 Å².